The van der Waals surface area contributed by atoms with Crippen molar-refractivity contribution >= 4 is 23.3 Å². The van der Waals surface area contributed by atoms with Crippen LogP contribution < -0.4 is 5.32 Å². The second-order valence-corrected chi connectivity index (χ2v) is 5.95. The van der Waals surface area contributed by atoms with Crippen molar-refractivity contribution in [1.82, 2.24) is 15.2 Å². The summed E-state index contributed by atoms with van der Waals surface area (Å²) in [4.78, 5) is 28.4. The normalized spacial score (nSPS) is 19.2. The summed E-state index contributed by atoms with van der Waals surface area (Å²) < 4.78 is 5.50. The molecule has 0 spiro atoms. The zero-order valence-corrected chi connectivity index (χ0v) is 12.9. The van der Waals surface area contributed by atoms with Crippen molar-refractivity contribution < 1.29 is 19.4 Å². The first-order valence-electron chi connectivity index (χ1n) is 6.79. The number of amides is 2. The highest BCUT2D eigenvalue weighted by Gasteiger charge is 2.22. The number of thiazole rings is 1. The number of nitrogens with one attached hydrogen (secondary N) is 1. The molecule has 0 radical (unpaired) electrons. The van der Waals surface area contributed by atoms with Gasteiger partial charge in [0.1, 0.15) is 5.01 Å². The van der Waals surface area contributed by atoms with Gasteiger partial charge in [0.25, 0.3) is 0 Å². The van der Waals surface area contributed by atoms with Crippen LogP contribution in [0, 0.1) is 0 Å². The molecule has 7 nitrogen and oxygen atoms in total. The minimum Gasteiger partial charge on any atom is -0.476 e. The van der Waals surface area contributed by atoms with Gasteiger partial charge in [0.15, 0.2) is 5.69 Å². The molecule has 2 N–H and O–H groups in total. The van der Waals surface area contributed by atoms with Crippen LogP contribution in [0.15, 0.2) is 5.38 Å². The maximum absolute atomic E-state index is 12.1. The number of carbonyl (C=O) groups excluding carboxylic acids is 1. The van der Waals surface area contributed by atoms with Gasteiger partial charge in [0.05, 0.1) is 12.1 Å². The SMILES string of the molecule is CC(NC(=O)N(C)CC1CCCO1)c1nc(C(=O)O)cs1. The van der Waals surface area contributed by atoms with Crippen molar-refractivity contribution in [3.63, 3.8) is 0 Å². The number of rotatable bonds is 5. The smallest absolute Gasteiger partial charge is 0.355 e. The lowest BCUT2D eigenvalue weighted by atomic mass is 10.2. The zero-order chi connectivity index (χ0) is 15.4. The van der Waals surface area contributed by atoms with Gasteiger partial charge in [-0.2, -0.15) is 0 Å². The number of urea groups is 1. The average Bonchev–Trinajstić information content (AvgIpc) is 3.09. The second-order valence-electron chi connectivity index (χ2n) is 5.06. The van der Waals surface area contributed by atoms with Crippen LogP contribution in [0.5, 0.6) is 0 Å². The molecular weight excluding hydrogens is 294 g/mol. The number of hydrogen-bond acceptors (Lipinski definition) is 5. The van der Waals surface area contributed by atoms with Crippen LogP contribution in [0.1, 0.15) is 41.3 Å². The van der Waals surface area contributed by atoms with Gasteiger partial charge >= 0.3 is 12.0 Å². The molecular formula is C13H19N3O4S. The quantitative estimate of drug-likeness (QED) is 0.863. The van der Waals surface area contributed by atoms with E-state index in [9.17, 15) is 9.59 Å². The number of nitrogens with zero attached hydrogens (tertiary/aromatic N) is 2. The van der Waals surface area contributed by atoms with E-state index in [0.717, 1.165) is 19.4 Å². The van der Waals surface area contributed by atoms with E-state index in [0.29, 0.717) is 11.6 Å². The fraction of sp³-hybridized carbons (Fsp3) is 0.615. The Bertz CT molecular complexity index is 513. The molecule has 0 aliphatic carbocycles. The Balaban J connectivity index is 1.86. The summed E-state index contributed by atoms with van der Waals surface area (Å²) in [5.74, 6) is -1.06. The van der Waals surface area contributed by atoms with Gasteiger partial charge in [0.2, 0.25) is 0 Å². The van der Waals surface area contributed by atoms with Crippen molar-refractivity contribution in [1.29, 1.82) is 0 Å². The molecule has 0 saturated carbocycles. The summed E-state index contributed by atoms with van der Waals surface area (Å²) in [6.45, 7) is 3.09. The second kappa shape index (κ2) is 6.86. The molecule has 2 heterocycles. The number of likely N-dealkylation sites (N-methyl/N-ethyl adjacent to an activating group) is 1. The maximum Gasteiger partial charge on any atom is 0.355 e. The van der Waals surface area contributed by atoms with Gasteiger partial charge in [-0.3, -0.25) is 0 Å². The number of aromatic nitrogens is 1. The lowest BCUT2D eigenvalue weighted by Gasteiger charge is -2.23. The third-order valence-corrected chi connectivity index (χ3v) is 4.33. The van der Waals surface area contributed by atoms with Crippen LogP contribution in [0.25, 0.3) is 0 Å². The molecule has 2 amide bonds. The molecule has 116 valence electrons. The van der Waals surface area contributed by atoms with E-state index >= 15 is 0 Å². The molecule has 1 aromatic heterocycles. The Labute approximate surface area is 126 Å². The lowest BCUT2D eigenvalue weighted by Crippen LogP contribution is -2.42. The third kappa shape index (κ3) is 4.15. The molecule has 0 aromatic carbocycles. The highest BCUT2D eigenvalue weighted by Crippen LogP contribution is 2.18. The van der Waals surface area contributed by atoms with Crippen LogP contribution in [0.3, 0.4) is 0 Å². The predicted molar refractivity (Wildman–Crippen MR) is 77.6 cm³/mol. The fourth-order valence-electron chi connectivity index (χ4n) is 2.12. The van der Waals surface area contributed by atoms with Crippen LogP contribution in [-0.4, -0.2) is 53.3 Å². The topological polar surface area (TPSA) is 91.8 Å². The van der Waals surface area contributed by atoms with Gasteiger partial charge in [-0.15, -0.1) is 11.3 Å². The first-order chi connectivity index (χ1) is 9.97. The van der Waals surface area contributed by atoms with E-state index in [2.05, 4.69) is 10.3 Å². The standard InChI is InChI=1S/C13H19N3O4S/c1-8(11-15-10(7-21-11)12(17)18)14-13(19)16(2)6-9-4-3-5-20-9/h7-9H,3-6H2,1-2H3,(H,14,19)(H,17,18). The van der Waals surface area contributed by atoms with Gasteiger partial charge in [-0.1, -0.05) is 0 Å². The van der Waals surface area contributed by atoms with Crippen molar-refractivity contribution in [2.75, 3.05) is 20.2 Å². The summed E-state index contributed by atoms with van der Waals surface area (Å²) in [5, 5.41) is 13.7. The van der Waals surface area contributed by atoms with E-state index < -0.39 is 5.97 Å². The van der Waals surface area contributed by atoms with E-state index in [1.807, 2.05) is 0 Å². The van der Waals surface area contributed by atoms with Gasteiger partial charge in [-0.05, 0) is 19.8 Å². The molecule has 0 bridgehead atoms. The summed E-state index contributed by atoms with van der Waals surface area (Å²) >= 11 is 1.22. The lowest BCUT2D eigenvalue weighted by molar-refractivity contribution is 0.0691. The van der Waals surface area contributed by atoms with E-state index in [1.165, 1.54) is 16.7 Å². The highest BCUT2D eigenvalue weighted by atomic mass is 32.1. The molecule has 2 atom stereocenters. The number of carboxylic acid groups (broad SMARTS) is 1. The van der Waals surface area contributed by atoms with Crippen LogP contribution in [0.2, 0.25) is 0 Å². The molecule has 2 unspecified atom stereocenters. The number of ether oxygens (including phenoxy) is 1. The van der Waals surface area contributed by atoms with Crippen molar-refractivity contribution in [2.45, 2.75) is 31.9 Å². The summed E-state index contributed by atoms with van der Waals surface area (Å²) in [5.41, 5.74) is 0.00353. The molecule has 1 saturated heterocycles. The third-order valence-electron chi connectivity index (χ3n) is 3.30. The largest absolute Gasteiger partial charge is 0.476 e. The monoisotopic (exact) mass is 313 g/mol. The van der Waals surface area contributed by atoms with Gasteiger partial charge < -0.3 is 20.1 Å². The van der Waals surface area contributed by atoms with Crippen molar-refractivity contribution in [2.24, 2.45) is 0 Å². The summed E-state index contributed by atoms with van der Waals surface area (Å²) in [7, 11) is 1.72. The maximum atomic E-state index is 12.1. The van der Waals surface area contributed by atoms with Crippen LogP contribution >= 0.6 is 11.3 Å². The number of hydrogen-bond donors (Lipinski definition) is 2. The van der Waals surface area contributed by atoms with Gasteiger partial charge in [-0.25, -0.2) is 14.6 Å². The first kappa shape index (κ1) is 15.7. The minimum atomic E-state index is -1.06. The Hall–Kier alpha value is -1.67. The Morgan fingerprint density at radius 1 is 1.67 bits per heavy atom. The Morgan fingerprint density at radius 3 is 3.00 bits per heavy atom. The summed E-state index contributed by atoms with van der Waals surface area (Å²) in [6, 6.07) is -0.548. The molecule has 21 heavy (non-hydrogen) atoms. The molecule has 1 aromatic rings. The van der Waals surface area contributed by atoms with Crippen LogP contribution in [0.4, 0.5) is 4.79 Å². The number of carbonyl (C=O) groups is 2. The van der Waals surface area contributed by atoms with Gasteiger partial charge in [0, 0.05) is 25.6 Å². The molecule has 2 rings (SSSR count). The average molecular weight is 313 g/mol. The van der Waals surface area contributed by atoms with Crippen LogP contribution in [-0.2, 0) is 4.74 Å². The molecule has 1 aliphatic rings. The predicted octanol–water partition coefficient (Wildman–Crippen LogP) is 1.72. The highest BCUT2D eigenvalue weighted by molar-refractivity contribution is 7.09. The van der Waals surface area contributed by atoms with E-state index in [4.69, 9.17) is 9.84 Å². The number of aromatic carboxylic acids is 1. The number of carboxylic acids is 1. The van der Waals surface area contributed by atoms with E-state index in [-0.39, 0.29) is 23.9 Å². The zero-order valence-electron chi connectivity index (χ0n) is 12.0. The Kier molecular flexibility index (Phi) is 5.13. The van der Waals surface area contributed by atoms with E-state index in [1.54, 1.807) is 18.9 Å². The fourth-order valence-corrected chi connectivity index (χ4v) is 2.92. The Morgan fingerprint density at radius 2 is 2.43 bits per heavy atom. The first-order valence-corrected chi connectivity index (χ1v) is 7.67. The van der Waals surface area contributed by atoms with Crippen molar-refractivity contribution in [3.05, 3.63) is 16.1 Å². The molecule has 8 heteroatoms. The summed E-state index contributed by atoms with van der Waals surface area (Å²) in [6.07, 6.45) is 2.12. The molecule has 1 fully saturated rings. The molecule has 1 aliphatic heterocycles. The van der Waals surface area contributed by atoms with Crippen molar-refractivity contribution in [3.8, 4) is 0 Å². The minimum absolute atomic E-state index is 0.00353.